The van der Waals surface area contributed by atoms with Crippen LogP contribution in [0.5, 0.6) is 0 Å². The highest BCUT2D eigenvalue weighted by molar-refractivity contribution is 6.00. The molecule has 0 spiro atoms. The molecule has 1 saturated heterocycles. The van der Waals surface area contributed by atoms with Crippen molar-refractivity contribution in [3.8, 4) is 0 Å². The van der Waals surface area contributed by atoms with Crippen molar-refractivity contribution in [3.63, 3.8) is 0 Å². The maximum atomic E-state index is 12.4. The first-order valence-corrected chi connectivity index (χ1v) is 8.14. The van der Waals surface area contributed by atoms with Crippen molar-refractivity contribution in [1.82, 2.24) is 21.3 Å². The molecule has 2 unspecified atom stereocenters. The van der Waals surface area contributed by atoms with Gasteiger partial charge in [0.05, 0.1) is 0 Å². The zero-order valence-electron chi connectivity index (χ0n) is 14.0. The van der Waals surface area contributed by atoms with Gasteiger partial charge >= 0.3 is 0 Å². The normalized spacial score (nSPS) is 23.1. The summed E-state index contributed by atoms with van der Waals surface area (Å²) in [6.45, 7) is 1.99. The standard InChI is InChI=1S/C17H22N4O4/c1-11-16(24)18-7-8-19-17(25)13(9-12-5-3-2-4-6-12)21-15(23)10-14(22)20-11/h2-6,11,13H,7-10H2,1H3,(H,18,24)(H,19,25)(H,20,22)(H,21,23). The summed E-state index contributed by atoms with van der Waals surface area (Å²) in [7, 11) is 0. The van der Waals surface area contributed by atoms with Crippen molar-refractivity contribution < 1.29 is 19.2 Å². The first-order valence-electron chi connectivity index (χ1n) is 8.14. The molecular weight excluding hydrogens is 324 g/mol. The lowest BCUT2D eigenvalue weighted by Crippen LogP contribution is -2.49. The molecule has 1 aliphatic heterocycles. The Balaban J connectivity index is 2.11. The van der Waals surface area contributed by atoms with E-state index in [4.69, 9.17) is 0 Å². The topological polar surface area (TPSA) is 116 Å². The second kappa shape index (κ2) is 8.81. The van der Waals surface area contributed by atoms with Gasteiger partial charge in [0.15, 0.2) is 0 Å². The van der Waals surface area contributed by atoms with E-state index in [9.17, 15) is 19.2 Å². The van der Waals surface area contributed by atoms with Gasteiger partial charge in [-0.3, -0.25) is 19.2 Å². The molecule has 0 bridgehead atoms. The molecule has 0 saturated carbocycles. The van der Waals surface area contributed by atoms with Gasteiger partial charge in [0.2, 0.25) is 23.6 Å². The number of hydrogen-bond donors (Lipinski definition) is 4. The van der Waals surface area contributed by atoms with Crippen LogP contribution >= 0.6 is 0 Å². The zero-order valence-corrected chi connectivity index (χ0v) is 14.0. The molecule has 2 atom stereocenters. The molecule has 0 aromatic heterocycles. The summed E-state index contributed by atoms with van der Waals surface area (Å²) in [5.41, 5.74) is 0.888. The van der Waals surface area contributed by atoms with Crippen LogP contribution in [0.4, 0.5) is 0 Å². The third-order valence-corrected chi connectivity index (χ3v) is 3.75. The van der Waals surface area contributed by atoms with Gasteiger partial charge in [0.25, 0.3) is 0 Å². The van der Waals surface area contributed by atoms with Crippen LogP contribution in [0.15, 0.2) is 30.3 Å². The fourth-order valence-electron chi connectivity index (χ4n) is 2.46. The number of benzene rings is 1. The van der Waals surface area contributed by atoms with Crippen LogP contribution in [0.2, 0.25) is 0 Å². The van der Waals surface area contributed by atoms with E-state index in [0.29, 0.717) is 6.42 Å². The molecule has 8 heteroatoms. The fraction of sp³-hybridized carbons (Fsp3) is 0.412. The Kier molecular flexibility index (Phi) is 6.50. The number of nitrogens with one attached hydrogen (secondary N) is 4. The SMILES string of the molecule is CC1NC(=O)CC(=O)NC(Cc2ccccc2)C(=O)NCCNC1=O. The minimum Gasteiger partial charge on any atom is -0.353 e. The molecule has 2 rings (SSSR count). The molecule has 0 aliphatic carbocycles. The molecule has 1 aromatic carbocycles. The van der Waals surface area contributed by atoms with E-state index in [-0.39, 0.29) is 24.9 Å². The summed E-state index contributed by atoms with van der Waals surface area (Å²) in [6, 6.07) is 7.72. The maximum absolute atomic E-state index is 12.4. The number of carbonyl (C=O) groups is 4. The number of amides is 4. The van der Waals surface area contributed by atoms with Crippen molar-refractivity contribution in [2.75, 3.05) is 13.1 Å². The Morgan fingerprint density at radius 1 is 0.880 bits per heavy atom. The highest BCUT2D eigenvalue weighted by Gasteiger charge is 2.24. The fourth-order valence-corrected chi connectivity index (χ4v) is 2.46. The lowest BCUT2D eigenvalue weighted by molar-refractivity contribution is -0.134. The lowest BCUT2D eigenvalue weighted by Gasteiger charge is -2.18. The van der Waals surface area contributed by atoms with Crippen molar-refractivity contribution in [3.05, 3.63) is 35.9 Å². The van der Waals surface area contributed by atoms with E-state index in [1.165, 1.54) is 6.92 Å². The van der Waals surface area contributed by atoms with E-state index in [0.717, 1.165) is 5.56 Å². The third kappa shape index (κ3) is 5.91. The number of carbonyl (C=O) groups excluding carboxylic acids is 4. The van der Waals surface area contributed by atoms with Crippen molar-refractivity contribution in [2.24, 2.45) is 0 Å². The second-order valence-electron chi connectivity index (χ2n) is 5.86. The monoisotopic (exact) mass is 346 g/mol. The lowest BCUT2D eigenvalue weighted by atomic mass is 10.0. The summed E-state index contributed by atoms with van der Waals surface area (Å²) >= 11 is 0. The summed E-state index contributed by atoms with van der Waals surface area (Å²) < 4.78 is 0. The smallest absolute Gasteiger partial charge is 0.242 e. The summed E-state index contributed by atoms with van der Waals surface area (Å²) in [6.07, 6.45) is -0.140. The molecular formula is C17H22N4O4. The molecule has 1 aromatic rings. The van der Waals surface area contributed by atoms with Crippen molar-refractivity contribution >= 4 is 23.6 Å². The zero-order chi connectivity index (χ0) is 18.2. The van der Waals surface area contributed by atoms with E-state index >= 15 is 0 Å². The maximum Gasteiger partial charge on any atom is 0.242 e. The molecule has 25 heavy (non-hydrogen) atoms. The Labute approximate surface area is 145 Å². The van der Waals surface area contributed by atoms with Gasteiger partial charge in [-0.25, -0.2) is 0 Å². The van der Waals surface area contributed by atoms with E-state index in [1.54, 1.807) is 0 Å². The van der Waals surface area contributed by atoms with E-state index in [1.807, 2.05) is 30.3 Å². The Morgan fingerprint density at radius 2 is 1.48 bits per heavy atom. The predicted octanol–water partition coefficient (Wildman–Crippen LogP) is -1.15. The first-order chi connectivity index (χ1) is 12.0. The quantitative estimate of drug-likeness (QED) is 0.506. The van der Waals surface area contributed by atoms with Gasteiger partial charge < -0.3 is 21.3 Å². The van der Waals surface area contributed by atoms with E-state index < -0.39 is 30.3 Å². The van der Waals surface area contributed by atoms with Crippen molar-refractivity contribution in [1.29, 1.82) is 0 Å². The van der Waals surface area contributed by atoms with Gasteiger partial charge in [-0.05, 0) is 12.5 Å². The number of rotatable bonds is 2. The Bertz CT molecular complexity index is 647. The van der Waals surface area contributed by atoms with Crippen LogP contribution in [0.1, 0.15) is 18.9 Å². The van der Waals surface area contributed by atoms with Crippen LogP contribution in [0.3, 0.4) is 0 Å². The molecule has 4 amide bonds. The third-order valence-electron chi connectivity index (χ3n) is 3.75. The van der Waals surface area contributed by atoms with Crippen LogP contribution in [0.25, 0.3) is 0 Å². The minimum absolute atomic E-state index is 0.229. The molecule has 1 aliphatic rings. The summed E-state index contributed by atoms with van der Waals surface area (Å²) in [4.78, 5) is 48.1. The predicted molar refractivity (Wildman–Crippen MR) is 90.3 cm³/mol. The Hall–Kier alpha value is -2.90. The van der Waals surface area contributed by atoms with Gasteiger partial charge in [0.1, 0.15) is 18.5 Å². The van der Waals surface area contributed by atoms with Crippen LogP contribution in [-0.4, -0.2) is 48.8 Å². The van der Waals surface area contributed by atoms with Gasteiger partial charge in [-0.2, -0.15) is 0 Å². The van der Waals surface area contributed by atoms with Crippen LogP contribution < -0.4 is 21.3 Å². The number of hydrogen-bond acceptors (Lipinski definition) is 4. The van der Waals surface area contributed by atoms with E-state index in [2.05, 4.69) is 21.3 Å². The molecule has 4 N–H and O–H groups in total. The van der Waals surface area contributed by atoms with Crippen LogP contribution in [0, 0.1) is 0 Å². The molecule has 8 nitrogen and oxygen atoms in total. The highest BCUT2D eigenvalue weighted by atomic mass is 16.2. The second-order valence-corrected chi connectivity index (χ2v) is 5.86. The van der Waals surface area contributed by atoms with Gasteiger partial charge in [0, 0.05) is 19.5 Å². The van der Waals surface area contributed by atoms with Gasteiger partial charge in [-0.15, -0.1) is 0 Å². The highest BCUT2D eigenvalue weighted by Crippen LogP contribution is 2.04. The van der Waals surface area contributed by atoms with Crippen LogP contribution in [-0.2, 0) is 25.6 Å². The average molecular weight is 346 g/mol. The first kappa shape index (κ1) is 18.4. The van der Waals surface area contributed by atoms with Gasteiger partial charge in [-0.1, -0.05) is 30.3 Å². The summed E-state index contributed by atoms with van der Waals surface area (Å²) in [5, 5.41) is 10.3. The largest absolute Gasteiger partial charge is 0.353 e. The molecule has 1 heterocycles. The Morgan fingerprint density at radius 3 is 2.16 bits per heavy atom. The molecule has 134 valence electrons. The molecule has 1 fully saturated rings. The summed E-state index contributed by atoms with van der Waals surface area (Å²) in [5.74, 6) is -1.87. The van der Waals surface area contributed by atoms with Crippen molar-refractivity contribution in [2.45, 2.75) is 31.8 Å². The average Bonchev–Trinajstić information content (AvgIpc) is 2.58. The molecule has 0 radical (unpaired) electrons. The minimum atomic E-state index is -0.795.